The molecule has 2 amide bonds. The van der Waals surface area contributed by atoms with Crippen LogP contribution in [0.15, 0.2) is 24.3 Å². The average molecular weight is 308 g/mol. The zero-order valence-corrected chi connectivity index (χ0v) is 13.8. The van der Waals surface area contributed by atoms with E-state index in [1.807, 2.05) is 31.2 Å². The van der Waals surface area contributed by atoms with Crippen molar-refractivity contribution in [2.45, 2.75) is 40.0 Å². The van der Waals surface area contributed by atoms with Crippen molar-refractivity contribution in [3.8, 4) is 5.75 Å². The summed E-state index contributed by atoms with van der Waals surface area (Å²) in [7, 11) is 0. The van der Waals surface area contributed by atoms with E-state index in [-0.39, 0.29) is 18.1 Å². The summed E-state index contributed by atoms with van der Waals surface area (Å²) in [6, 6.07) is 7.11. The quantitative estimate of drug-likeness (QED) is 0.655. The fourth-order valence-electron chi connectivity index (χ4n) is 2.46. The van der Waals surface area contributed by atoms with E-state index in [0.29, 0.717) is 31.0 Å². The van der Waals surface area contributed by atoms with Crippen molar-refractivity contribution >= 4 is 11.7 Å². The van der Waals surface area contributed by atoms with Gasteiger partial charge in [-0.25, -0.2) is 4.79 Å². The molecule has 124 valence electrons. The molecule has 0 spiro atoms. The monoisotopic (exact) mass is 308 g/mol. The second-order valence-electron chi connectivity index (χ2n) is 5.42. The summed E-state index contributed by atoms with van der Waals surface area (Å²) in [4.78, 5) is 12.1. The van der Waals surface area contributed by atoms with Gasteiger partial charge in [-0.3, -0.25) is 0 Å². The molecule has 3 N–H and O–H groups in total. The maximum absolute atomic E-state index is 12.1. The smallest absolute Gasteiger partial charge is 0.319 e. The number of nitrogens with one attached hydrogen (secondary N) is 2. The van der Waals surface area contributed by atoms with Crippen molar-refractivity contribution in [1.29, 1.82) is 0 Å². The number of anilines is 1. The van der Waals surface area contributed by atoms with E-state index in [4.69, 9.17) is 4.74 Å². The Balaban J connectivity index is 2.63. The van der Waals surface area contributed by atoms with Crippen LogP contribution >= 0.6 is 0 Å². The second kappa shape index (κ2) is 9.30. The summed E-state index contributed by atoms with van der Waals surface area (Å²) in [5.74, 6) is 0.660. The van der Waals surface area contributed by atoms with Gasteiger partial charge in [0.15, 0.2) is 0 Å². The molecule has 0 aromatic heterocycles. The summed E-state index contributed by atoms with van der Waals surface area (Å²) >= 11 is 0. The third-order valence-corrected chi connectivity index (χ3v) is 4.20. The van der Waals surface area contributed by atoms with Crippen LogP contribution in [0.25, 0.3) is 0 Å². The van der Waals surface area contributed by atoms with Crippen molar-refractivity contribution in [1.82, 2.24) is 5.32 Å². The number of amides is 2. The van der Waals surface area contributed by atoms with Crippen molar-refractivity contribution < 1.29 is 14.6 Å². The van der Waals surface area contributed by atoms with Gasteiger partial charge in [-0.15, -0.1) is 0 Å². The van der Waals surface area contributed by atoms with E-state index < -0.39 is 0 Å². The molecule has 1 aromatic carbocycles. The predicted octanol–water partition coefficient (Wildman–Crippen LogP) is 3.40. The molecule has 0 bridgehead atoms. The second-order valence-corrected chi connectivity index (χ2v) is 5.42. The molecule has 22 heavy (non-hydrogen) atoms. The van der Waals surface area contributed by atoms with Gasteiger partial charge in [0.05, 0.1) is 12.3 Å². The molecule has 1 aromatic rings. The fourth-order valence-corrected chi connectivity index (χ4v) is 2.46. The molecule has 0 saturated carbocycles. The van der Waals surface area contributed by atoms with Gasteiger partial charge >= 0.3 is 6.03 Å². The maximum Gasteiger partial charge on any atom is 0.319 e. The SMILES string of the molecule is CCOc1ccccc1NC(=O)NCC(CC)(CC)CCO. The fraction of sp³-hybridized carbons (Fsp3) is 0.588. The molecule has 0 aliphatic carbocycles. The highest BCUT2D eigenvalue weighted by molar-refractivity contribution is 5.90. The van der Waals surface area contributed by atoms with Gasteiger partial charge in [-0.1, -0.05) is 26.0 Å². The Kier molecular flexibility index (Phi) is 7.74. The molecule has 5 heteroatoms. The van der Waals surface area contributed by atoms with Crippen LogP contribution in [0, 0.1) is 5.41 Å². The first-order valence-electron chi connectivity index (χ1n) is 7.98. The maximum atomic E-state index is 12.1. The van der Waals surface area contributed by atoms with Crippen LogP contribution in [-0.4, -0.2) is 30.9 Å². The largest absolute Gasteiger partial charge is 0.492 e. The van der Waals surface area contributed by atoms with Crippen molar-refractivity contribution in [2.75, 3.05) is 25.1 Å². The zero-order chi connectivity index (χ0) is 16.4. The molecule has 0 radical (unpaired) electrons. The standard InChI is InChI=1S/C17H28N2O3/c1-4-17(5-2,11-12-20)13-18-16(21)19-14-9-7-8-10-15(14)22-6-3/h7-10,20H,4-6,11-13H2,1-3H3,(H2,18,19,21). The number of hydrogen-bond acceptors (Lipinski definition) is 3. The van der Waals surface area contributed by atoms with Crippen LogP contribution in [0.3, 0.4) is 0 Å². The minimum absolute atomic E-state index is 0.0501. The molecule has 0 atom stereocenters. The van der Waals surface area contributed by atoms with Crippen LogP contribution in [-0.2, 0) is 0 Å². The third kappa shape index (κ3) is 5.22. The van der Waals surface area contributed by atoms with E-state index in [0.717, 1.165) is 12.8 Å². The molecule has 5 nitrogen and oxygen atoms in total. The van der Waals surface area contributed by atoms with E-state index in [9.17, 15) is 9.90 Å². The Bertz CT molecular complexity index is 459. The van der Waals surface area contributed by atoms with Crippen LogP contribution < -0.4 is 15.4 Å². The molecular formula is C17H28N2O3. The third-order valence-electron chi connectivity index (χ3n) is 4.20. The summed E-state index contributed by atoms with van der Waals surface area (Å²) < 4.78 is 5.49. The molecule has 0 aliphatic rings. The van der Waals surface area contributed by atoms with E-state index >= 15 is 0 Å². The Labute approximate surface area is 133 Å². The van der Waals surface area contributed by atoms with Crippen molar-refractivity contribution in [3.05, 3.63) is 24.3 Å². The van der Waals surface area contributed by atoms with E-state index in [2.05, 4.69) is 24.5 Å². The normalized spacial score (nSPS) is 11.1. The number of aliphatic hydroxyl groups is 1. The summed E-state index contributed by atoms with van der Waals surface area (Å²) in [5.41, 5.74) is 0.605. The number of carbonyl (C=O) groups is 1. The van der Waals surface area contributed by atoms with Crippen molar-refractivity contribution in [2.24, 2.45) is 5.41 Å². The number of para-hydroxylation sites is 2. The molecule has 1 rings (SSSR count). The zero-order valence-electron chi connectivity index (χ0n) is 13.8. The summed E-state index contributed by atoms with van der Waals surface area (Å²) in [6.45, 7) is 7.31. The van der Waals surface area contributed by atoms with Gasteiger partial charge in [-0.2, -0.15) is 0 Å². The predicted molar refractivity (Wildman–Crippen MR) is 89.4 cm³/mol. The molecule has 0 fully saturated rings. The molecule has 0 heterocycles. The Hall–Kier alpha value is -1.75. The molecular weight excluding hydrogens is 280 g/mol. The Morgan fingerprint density at radius 3 is 2.50 bits per heavy atom. The summed E-state index contributed by atoms with van der Waals surface area (Å²) in [6.07, 6.45) is 2.52. The highest BCUT2D eigenvalue weighted by atomic mass is 16.5. The first-order valence-corrected chi connectivity index (χ1v) is 7.98. The van der Waals surface area contributed by atoms with Gasteiger partial charge in [0.1, 0.15) is 5.75 Å². The number of rotatable bonds is 9. The van der Waals surface area contributed by atoms with E-state index in [1.165, 1.54) is 0 Å². The number of ether oxygens (including phenoxy) is 1. The van der Waals surface area contributed by atoms with Gasteiger partial charge in [0, 0.05) is 13.2 Å². The van der Waals surface area contributed by atoms with Gasteiger partial charge in [0.25, 0.3) is 0 Å². The van der Waals surface area contributed by atoms with Gasteiger partial charge in [0.2, 0.25) is 0 Å². The van der Waals surface area contributed by atoms with Gasteiger partial charge in [-0.05, 0) is 43.7 Å². The minimum atomic E-state index is -0.253. The van der Waals surface area contributed by atoms with Crippen LogP contribution in [0.2, 0.25) is 0 Å². The highest BCUT2D eigenvalue weighted by Crippen LogP contribution is 2.29. The first-order chi connectivity index (χ1) is 10.6. The number of carbonyl (C=O) groups excluding carboxylic acids is 1. The highest BCUT2D eigenvalue weighted by Gasteiger charge is 2.26. The lowest BCUT2D eigenvalue weighted by molar-refractivity contribution is 0.165. The number of benzene rings is 1. The van der Waals surface area contributed by atoms with E-state index in [1.54, 1.807) is 0 Å². The number of urea groups is 1. The Morgan fingerprint density at radius 1 is 1.23 bits per heavy atom. The number of hydrogen-bond donors (Lipinski definition) is 3. The molecule has 0 aliphatic heterocycles. The Morgan fingerprint density at radius 2 is 1.91 bits per heavy atom. The minimum Gasteiger partial charge on any atom is -0.492 e. The van der Waals surface area contributed by atoms with Gasteiger partial charge < -0.3 is 20.5 Å². The number of aliphatic hydroxyl groups excluding tert-OH is 1. The average Bonchev–Trinajstić information content (AvgIpc) is 2.54. The summed E-state index contributed by atoms with van der Waals surface area (Å²) in [5, 5.41) is 14.9. The topological polar surface area (TPSA) is 70.6 Å². The lowest BCUT2D eigenvalue weighted by Gasteiger charge is -2.31. The van der Waals surface area contributed by atoms with Crippen LogP contribution in [0.1, 0.15) is 40.0 Å². The van der Waals surface area contributed by atoms with Crippen molar-refractivity contribution in [3.63, 3.8) is 0 Å². The lowest BCUT2D eigenvalue weighted by atomic mass is 9.79. The first kappa shape index (κ1) is 18.3. The van der Waals surface area contributed by atoms with Crippen LogP contribution in [0.4, 0.5) is 10.5 Å². The lowest BCUT2D eigenvalue weighted by Crippen LogP contribution is -2.39. The molecule has 0 unspecified atom stereocenters. The molecule has 0 saturated heterocycles. The van der Waals surface area contributed by atoms with Crippen LogP contribution in [0.5, 0.6) is 5.75 Å².